The quantitative estimate of drug-likeness (QED) is 0.255. The van der Waals surface area contributed by atoms with Crippen LogP contribution < -0.4 is 14.9 Å². The van der Waals surface area contributed by atoms with E-state index in [1.54, 1.807) is 64.9 Å². The molecule has 1 aliphatic rings. The molecule has 0 aliphatic carbocycles. The first-order chi connectivity index (χ1) is 20.2. The van der Waals surface area contributed by atoms with Gasteiger partial charge in [0.05, 0.1) is 34.5 Å². The summed E-state index contributed by atoms with van der Waals surface area (Å²) >= 11 is 13.6. The predicted molar refractivity (Wildman–Crippen MR) is 164 cm³/mol. The van der Waals surface area contributed by atoms with Crippen LogP contribution in [-0.4, -0.2) is 41.5 Å². The molecule has 2 aromatic carbocycles. The summed E-state index contributed by atoms with van der Waals surface area (Å²) in [4.78, 5) is 46.8. The molecule has 4 aromatic rings. The average Bonchev–Trinajstić information content (AvgIpc) is 3.57. The summed E-state index contributed by atoms with van der Waals surface area (Å²) in [6.45, 7) is 6.67. The van der Waals surface area contributed by atoms with Gasteiger partial charge in [0.25, 0.3) is 11.5 Å². The van der Waals surface area contributed by atoms with Gasteiger partial charge >= 0.3 is 5.97 Å². The van der Waals surface area contributed by atoms with Crippen molar-refractivity contribution in [3.8, 4) is 11.3 Å². The second-order valence-corrected chi connectivity index (χ2v) is 11.4. The van der Waals surface area contributed by atoms with Gasteiger partial charge < -0.3 is 14.1 Å². The Morgan fingerprint density at radius 2 is 1.76 bits per heavy atom. The molecule has 216 valence electrons. The zero-order chi connectivity index (χ0) is 30.1. The molecule has 1 aliphatic heterocycles. The van der Waals surface area contributed by atoms with Gasteiger partial charge in [0.2, 0.25) is 0 Å². The largest absolute Gasteiger partial charge is 0.465 e. The van der Waals surface area contributed by atoms with E-state index in [2.05, 4.69) is 4.99 Å². The van der Waals surface area contributed by atoms with Crippen LogP contribution in [0.15, 0.2) is 80.1 Å². The van der Waals surface area contributed by atoms with Crippen LogP contribution in [0.4, 0.5) is 0 Å². The number of halogens is 2. The van der Waals surface area contributed by atoms with E-state index in [1.807, 2.05) is 26.0 Å². The minimum atomic E-state index is -0.685. The number of amides is 1. The maximum Gasteiger partial charge on any atom is 0.338 e. The molecule has 0 fully saturated rings. The molecule has 8 nitrogen and oxygen atoms in total. The molecule has 0 saturated carbocycles. The third-order valence-electron chi connectivity index (χ3n) is 7.04. The zero-order valence-corrected chi connectivity index (χ0v) is 25.6. The highest BCUT2D eigenvalue weighted by Gasteiger charge is 2.34. The van der Waals surface area contributed by atoms with Gasteiger partial charge in [-0.15, -0.1) is 0 Å². The maximum atomic E-state index is 13.9. The molecule has 0 N–H and O–H groups in total. The van der Waals surface area contributed by atoms with E-state index in [4.69, 9.17) is 32.4 Å². The molecule has 0 radical (unpaired) electrons. The molecule has 42 heavy (non-hydrogen) atoms. The Morgan fingerprint density at radius 3 is 2.43 bits per heavy atom. The number of thiazole rings is 1. The number of ether oxygens (including phenoxy) is 1. The SMILES string of the molecule is CCN(CC)C(=O)C1=C(C)N=c2s/c(=C\c3ccc(-c4cc(Cl)ccc4C(=O)OC)o3)c(=O)n2[C@@H]1c1ccc(Cl)cc1. The first-order valence-corrected chi connectivity index (χ1v) is 14.8. The van der Waals surface area contributed by atoms with Crippen LogP contribution in [0.1, 0.15) is 48.5 Å². The normalized spacial score (nSPS) is 14.9. The summed E-state index contributed by atoms with van der Waals surface area (Å²) in [5.74, 6) is 0.0813. The fourth-order valence-electron chi connectivity index (χ4n) is 4.95. The van der Waals surface area contributed by atoms with Crippen molar-refractivity contribution in [2.45, 2.75) is 26.8 Å². The lowest BCUT2D eigenvalue weighted by molar-refractivity contribution is -0.127. The van der Waals surface area contributed by atoms with E-state index in [0.29, 0.717) is 66.4 Å². The van der Waals surface area contributed by atoms with Crippen LogP contribution in [0.2, 0.25) is 10.0 Å². The van der Waals surface area contributed by atoms with Gasteiger partial charge in [-0.2, -0.15) is 0 Å². The lowest BCUT2D eigenvalue weighted by Gasteiger charge is -2.29. The van der Waals surface area contributed by atoms with Crippen molar-refractivity contribution in [1.82, 2.24) is 9.47 Å². The Balaban J connectivity index is 1.64. The summed E-state index contributed by atoms with van der Waals surface area (Å²) < 4.78 is 12.9. The Kier molecular flexibility index (Phi) is 8.54. The van der Waals surface area contributed by atoms with Crippen molar-refractivity contribution in [1.29, 1.82) is 0 Å². The van der Waals surface area contributed by atoms with E-state index >= 15 is 0 Å². The third kappa shape index (κ3) is 5.47. The van der Waals surface area contributed by atoms with Gasteiger partial charge in [0, 0.05) is 34.8 Å². The van der Waals surface area contributed by atoms with Crippen LogP contribution in [0.3, 0.4) is 0 Å². The standard InChI is InChI=1S/C31H27Cl2N3O5S/c1-5-35(6-2)29(38)26-17(3)34-31-36(27(26)18-7-9-19(32)10-8-18)28(37)25(42-31)16-21-12-14-24(41-21)23-15-20(33)11-13-22(23)30(39)40-4/h7-16,27H,5-6H2,1-4H3/b25-16-/t27-/m1/s1. The minimum absolute atomic E-state index is 0.172. The van der Waals surface area contributed by atoms with Crippen LogP contribution in [0.5, 0.6) is 0 Å². The second-order valence-electron chi connectivity index (χ2n) is 9.49. The molecule has 3 heterocycles. The molecule has 1 atom stereocenters. The number of carbonyl (C=O) groups excluding carboxylic acids is 2. The van der Waals surface area contributed by atoms with Crippen molar-refractivity contribution in [3.05, 3.63) is 112 Å². The van der Waals surface area contributed by atoms with Crippen molar-refractivity contribution in [2.75, 3.05) is 20.2 Å². The number of carbonyl (C=O) groups is 2. The number of methoxy groups -OCH3 is 1. The second kappa shape index (κ2) is 12.1. The van der Waals surface area contributed by atoms with Crippen molar-refractivity contribution >= 4 is 52.5 Å². The minimum Gasteiger partial charge on any atom is -0.465 e. The van der Waals surface area contributed by atoms with Crippen LogP contribution >= 0.6 is 34.5 Å². The van der Waals surface area contributed by atoms with Gasteiger partial charge in [0.1, 0.15) is 11.5 Å². The first kappa shape index (κ1) is 29.6. The summed E-state index contributed by atoms with van der Waals surface area (Å²) in [6, 6.07) is 14.6. The highest BCUT2D eigenvalue weighted by molar-refractivity contribution is 7.07. The number of fused-ring (bicyclic) bond motifs is 1. The molecule has 11 heteroatoms. The first-order valence-electron chi connectivity index (χ1n) is 13.2. The third-order valence-corrected chi connectivity index (χ3v) is 8.51. The highest BCUT2D eigenvalue weighted by atomic mass is 35.5. The number of rotatable bonds is 7. The lowest BCUT2D eigenvalue weighted by atomic mass is 9.94. The summed E-state index contributed by atoms with van der Waals surface area (Å²) in [5.41, 5.74) is 2.19. The lowest BCUT2D eigenvalue weighted by Crippen LogP contribution is -2.43. The average molecular weight is 625 g/mol. The molecule has 0 unspecified atom stereocenters. The van der Waals surface area contributed by atoms with Gasteiger partial charge in [-0.25, -0.2) is 9.79 Å². The molecule has 0 saturated heterocycles. The smallest absolute Gasteiger partial charge is 0.338 e. The number of esters is 1. The van der Waals surface area contributed by atoms with E-state index in [-0.39, 0.29) is 11.5 Å². The number of likely N-dealkylation sites (N-methyl/N-ethyl adjacent to an activating group) is 1. The van der Waals surface area contributed by atoms with E-state index in [9.17, 15) is 14.4 Å². The molecular formula is C31H27Cl2N3O5S. The molecule has 5 rings (SSSR count). The van der Waals surface area contributed by atoms with Crippen LogP contribution in [0, 0.1) is 0 Å². The number of nitrogens with zero attached hydrogens (tertiary/aromatic N) is 3. The van der Waals surface area contributed by atoms with Crippen LogP contribution in [0.25, 0.3) is 17.4 Å². The van der Waals surface area contributed by atoms with Gasteiger partial charge in [0.15, 0.2) is 4.80 Å². The number of benzene rings is 2. The predicted octanol–water partition coefficient (Wildman–Crippen LogP) is 5.46. The Labute approximate surface area is 255 Å². The Morgan fingerprint density at radius 1 is 1.07 bits per heavy atom. The molecule has 2 aromatic heterocycles. The Bertz CT molecular complexity index is 1900. The maximum absolute atomic E-state index is 13.9. The number of hydrogen-bond acceptors (Lipinski definition) is 7. The summed E-state index contributed by atoms with van der Waals surface area (Å²) in [7, 11) is 1.30. The van der Waals surface area contributed by atoms with Gasteiger partial charge in [-0.3, -0.25) is 14.2 Å². The molecular weight excluding hydrogens is 597 g/mol. The van der Waals surface area contributed by atoms with Gasteiger partial charge in [-0.05, 0) is 68.8 Å². The van der Waals surface area contributed by atoms with Gasteiger partial charge in [-0.1, -0.05) is 46.7 Å². The number of allylic oxidation sites excluding steroid dienone is 1. The highest BCUT2D eigenvalue weighted by Crippen LogP contribution is 2.32. The topological polar surface area (TPSA) is 94.1 Å². The van der Waals surface area contributed by atoms with Crippen LogP contribution in [-0.2, 0) is 9.53 Å². The number of furan rings is 1. The fraction of sp³-hybridized carbons (Fsp3) is 0.226. The molecule has 1 amide bonds. The van der Waals surface area contributed by atoms with E-state index in [1.165, 1.54) is 18.4 Å². The number of aromatic nitrogens is 1. The van der Waals surface area contributed by atoms with E-state index < -0.39 is 12.0 Å². The molecule has 0 spiro atoms. The summed E-state index contributed by atoms with van der Waals surface area (Å²) in [5, 5.41) is 0.976. The number of hydrogen-bond donors (Lipinski definition) is 0. The van der Waals surface area contributed by atoms with E-state index in [0.717, 1.165) is 5.56 Å². The van der Waals surface area contributed by atoms with Crippen molar-refractivity contribution in [2.24, 2.45) is 4.99 Å². The fourth-order valence-corrected chi connectivity index (χ4v) is 6.27. The van der Waals surface area contributed by atoms with Crippen molar-refractivity contribution in [3.63, 3.8) is 0 Å². The van der Waals surface area contributed by atoms with Crippen molar-refractivity contribution < 1.29 is 18.7 Å². The molecule has 0 bridgehead atoms. The Hall–Kier alpha value is -3.92. The summed E-state index contributed by atoms with van der Waals surface area (Å²) in [6.07, 6.45) is 1.62. The zero-order valence-electron chi connectivity index (χ0n) is 23.3. The monoisotopic (exact) mass is 623 g/mol.